The molecule has 4 heterocycles. The molecule has 3 atom stereocenters. The van der Waals surface area contributed by atoms with E-state index < -0.39 is 0 Å². The Bertz CT molecular complexity index is 993. The molecule has 1 aromatic heterocycles. The van der Waals surface area contributed by atoms with E-state index in [1.807, 2.05) is 24.0 Å². The molecule has 2 aromatic rings. The maximum absolute atomic E-state index is 13.6. The number of nitrogens with zero attached hydrogens (tertiary/aromatic N) is 5. The molecule has 1 aromatic carbocycles. The molecule has 5 rings (SSSR count). The van der Waals surface area contributed by atoms with Gasteiger partial charge in [0.15, 0.2) is 0 Å². The SMILES string of the molecule is Cn1nccc1CN1CCN(C(=O)Cc2ccc(Cl)c(Cl)c2)[C@H]2[C@H]1COC[C@@H]2N1CCCC1. The van der Waals surface area contributed by atoms with Gasteiger partial charge in [0.05, 0.1) is 53.5 Å². The standard InChI is InChI=1S/C24H31Cl2N5O2/c1-28-18(6-7-27-28)14-30-10-11-31(23(32)13-17-4-5-19(25)20(26)12-17)24-21(15-33-16-22(24)30)29-8-2-3-9-29/h4-7,12,21-22,24H,2-3,8-11,13-16H2,1H3/t21-,22+,24+/m0/s1. The lowest BCUT2D eigenvalue weighted by Crippen LogP contribution is -2.71. The molecule has 0 saturated carbocycles. The first-order valence-corrected chi connectivity index (χ1v) is 12.5. The van der Waals surface area contributed by atoms with Gasteiger partial charge in [-0.05, 0) is 49.7 Å². The quantitative estimate of drug-likeness (QED) is 0.643. The molecule has 0 bridgehead atoms. The van der Waals surface area contributed by atoms with Gasteiger partial charge in [-0.1, -0.05) is 29.3 Å². The topological polar surface area (TPSA) is 53.8 Å². The van der Waals surface area contributed by atoms with Gasteiger partial charge in [-0.2, -0.15) is 5.10 Å². The maximum atomic E-state index is 13.6. The fourth-order valence-corrected chi connectivity index (χ4v) is 5.94. The molecule has 3 aliphatic rings. The summed E-state index contributed by atoms with van der Waals surface area (Å²) < 4.78 is 8.07. The van der Waals surface area contributed by atoms with Crippen LogP contribution < -0.4 is 0 Å². The molecule has 3 fully saturated rings. The molecule has 178 valence electrons. The minimum Gasteiger partial charge on any atom is -0.378 e. The van der Waals surface area contributed by atoms with Crippen molar-refractivity contribution in [2.24, 2.45) is 7.05 Å². The summed E-state index contributed by atoms with van der Waals surface area (Å²) in [6.07, 6.45) is 4.59. The summed E-state index contributed by atoms with van der Waals surface area (Å²) in [6, 6.07) is 8.02. The van der Waals surface area contributed by atoms with Gasteiger partial charge < -0.3 is 9.64 Å². The number of hydrogen-bond donors (Lipinski definition) is 0. The van der Waals surface area contributed by atoms with Crippen LogP contribution in [0, 0.1) is 0 Å². The third-order valence-corrected chi connectivity index (χ3v) is 8.12. The number of rotatable bonds is 5. The van der Waals surface area contributed by atoms with Gasteiger partial charge >= 0.3 is 0 Å². The number of amides is 1. The number of carbonyl (C=O) groups is 1. The number of ether oxygens (including phenoxy) is 1. The Morgan fingerprint density at radius 3 is 2.58 bits per heavy atom. The zero-order valence-electron chi connectivity index (χ0n) is 19.0. The fourth-order valence-electron chi connectivity index (χ4n) is 5.62. The zero-order chi connectivity index (χ0) is 22.9. The normalized spacial score (nSPS) is 26.5. The average molecular weight is 492 g/mol. The molecule has 0 radical (unpaired) electrons. The molecule has 0 unspecified atom stereocenters. The van der Waals surface area contributed by atoms with Crippen LogP contribution in [0.3, 0.4) is 0 Å². The highest BCUT2D eigenvalue weighted by atomic mass is 35.5. The molecular formula is C24H31Cl2N5O2. The first-order valence-electron chi connectivity index (χ1n) is 11.8. The van der Waals surface area contributed by atoms with Gasteiger partial charge in [0.1, 0.15) is 0 Å². The molecule has 0 spiro atoms. The van der Waals surface area contributed by atoms with Crippen molar-refractivity contribution in [1.29, 1.82) is 0 Å². The predicted octanol–water partition coefficient (Wildman–Crippen LogP) is 2.85. The lowest BCUT2D eigenvalue weighted by molar-refractivity contribution is -0.153. The van der Waals surface area contributed by atoms with Crippen molar-refractivity contribution in [3.8, 4) is 0 Å². The van der Waals surface area contributed by atoms with Crippen molar-refractivity contribution in [3.63, 3.8) is 0 Å². The molecule has 0 aliphatic carbocycles. The molecule has 1 amide bonds. The Balaban J connectivity index is 1.40. The van der Waals surface area contributed by atoms with Crippen LogP contribution in [0.25, 0.3) is 0 Å². The van der Waals surface area contributed by atoms with Crippen LogP contribution in [0.4, 0.5) is 0 Å². The van der Waals surface area contributed by atoms with Crippen LogP contribution in [-0.2, 0) is 29.5 Å². The first-order chi connectivity index (χ1) is 16.0. The van der Waals surface area contributed by atoms with Crippen molar-refractivity contribution in [1.82, 2.24) is 24.5 Å². The third-order valence-electron chi connectivity index (χ3n) is 7.38. The molecule has 0 N–H and O–H groups in total. The number of piperazine rings is 1. The second-order valence-electron chi connectivity index (χ2n) is 9.33. The minimum absolute atomic E-state index is 0.106. The lowest BCUT2D eigenvalue weighted by atomic mass is 9.90. The molecule has 3 aliphatic heterocycles. The van der Waals surface area contributed by atoms with Crippen molar-refractivity contribution >= 4 is 29.1 Å². The summed E-state index contributed by atoms with van der Waals surface area (Å²) in [6.45, 7) is 5.81. The number of fused-ring (bicyclic) bond motifs is 1. The highest BCUT2D eigenvalue weighted by molar-refractivity contribution is 6.42. The average Bonchev–Trinajstić information content (AvgIpc) is 3.48. The molecule has 7 nitrogen and oxygen atoms in total. The van der Waals surface area contributed by atoms with Gasteiger partial charge in [-0.15, -0.1) is 0 Å². The lowest BCUT2D eigenvalue weighted by Gasteiger charge is -2.54. The minimum atomic E-state index is 0.106. The number of aryl methyl sites for hydroxylation is 1. The van der Waals surface area contributed by atoms with Crippen LogP contribution in [0.2, 0.25) is 10.0 Å². The molecule has 3 saturated heterocycles. The predicted molar refractivity (Wildman–Crippen MR) is 128 cm³/mol. The smallest absolute Gasteiger partial charge is 0.227 e. The van der Waals surface area contributed by atoms with Gasteiger partial charge in [-0.25, -0.2) is 0 Å². The van der Waals surface area contributed by atoms with E-state index in [2.05, 4.69) is 25.9 Å². The van der Waals surface area contributed by atoms with E-state index in [0.29, 0.717) is 36.2 Å². The van der Waals surface area contributed by atoms with Crippen LogP contribution in [0.1, 0.15) is 24.1 Å². The van der Waals surface area contributed by atoms with E-state index >= 15 is 0 Å². The Kier molecular flexibility index (Phi) is 6.95. The van der Waals surface area contributed by atoms with E-state index in [1.165, 1.54) is 18.5 Å². The zero-order valence-corrected chi connectivity index (χ0v) is 20.5. The number of halogens is 2. The van der Waals surface area contributed by atoms with Crippen LogP contribution in [0.15, 0.2) is 30.5 Å². The fraction of sp³-hybridized carbons (Fsp3) is 0.583. The molecule has 9 heteroatoms. The summed E-state index contributed by atoms with van der Waals surface area (Å²) in [7, 11) is 1.98. The highest BCUT2D eigenvalue weighted by Gasteiger charge is 2.47. The van der Waals surface area contributed by atoms with E-state index in [1.54, 1.807) is 12.1 Å². The van der Waals surface area contributed by atoms with Crippen molar-refractivity contribution in [2.45, 2.75) is 43.9 Å². The van der Waals surface area contributed by atoms with E-state index in [4.69, 9.17) is 27.9 Å². The third kappa shape index (κ3) is 4.80. The number of hydrogen-bond acceptors (Lipinski definition) is 5. The van der Waals surface area contributed by atoms with Crippen LogP contribution in [0.5, 0.6) is 0 Å². The highest BCUT2D eigenvalue weighted by Crippen LogP contribution is 2.31. The summed E-state index contributed by atoms with van der Waals surface area (Å²) in [5.74, 6) is 0.148. The second-order valence-corrected chi connectivity index (χ2v) is 10.1. The summed E-state index contributed by atoms with van der Waals surface area (Å²) in [4.78, 5) is 20.7. The number of carbonyl (C=O) groups excluding carboxylic acids is 1. The van der Waals surface area contributed by atoms with Crippen molar-refractivity contribution in [3.05, 3.63) is 51.8 Å². The maximum Gasteiger partial charge on any atom is 0.227 e. The molecule has 33 heavy (non-hydrogen) atoms. The van der Waals surface area contributed by atoms with Gasteiger partial charge in [0.25, 0.3) is 0 Å². The van der Waals surface area contributed by atoms with Crippen LogP contribution in [-0.4, -0.2) is 87.9 Å². The number of likely N-dealkylation sites (tertiary alicyclic amines) is 1. The van der Waals surface area contributed by atoms with Crippen molar-refractivity contribution < 1.29 is 9.53 Å². The first kappa shape index (κ1) is 23.1. The summed E-state index contributed by atoms with van der Waals surface area (Å²) in [5.41, 5.74) is 2.07. The van der Waals surface area contributed by atoms with Crippen LogP contribution >= 0.6 is 23.2 Å². The summed E-state index contributed by atoms with van der Waals surface area (Å²) >= 11 is 12.3. The Morgan fingerprint density at radius 2 is 1.85 bits per heavy atom. The van der Waals surface area contributed by atoms with E-state index in [-0.39, 0.29) is 24.0 Å². The monoisotopic (exact) mass is 491 g/mol. The van der Waals surface area contributed by atoms with E-state index in [0.717, 1.165) is 31.7 Å². The Morgan fingerprint density at radius 1 is 1.06 bits per heavy atom. The van der Waals surface area contributed by atoms with Gasteiger partial charge in [-0.3, -0.25) is 19.3 Å². The Labute approximate surface area is 205 Å². The number of aromatic nitrogens is 2. The Hall–Kier alpha value is -1.64. The van der Waals surface area contributed by atoms with Gasteiger partial charge in [0.2, 0.25) is 5.91 Å². The molecular weight excluding hydrogens is 461 g/mol. The van der Waals surface area contributed by atoms with Gasteiger partial charge in [0, 0.05) is 32.9 Å². The largest absolute Gasteiger partial charge is 0.378 e. The second kappa shape index (κ2) is 9.92. The summed E-state index contributed by atoms with van der Waals surface area (Å²) in [5, 5.41) is 5.33. The number of benzene rings is 1. The van der Waals surface area contributed by atoms with E-state index in [9.17, 15) is 4.79 Å². The van der Waals surface area contributed by atoms with Crippen molar-refractivity contribution in [2.75, 3.05) is 39.4 Å².